The first-order valence-corrected chi connectivity index (χ1v) is 10.3. The van der Waals surface area contributed by atoms with Crippen LogP contribution in [0, 0.1) is 11.7 Å². The fraction of sp³-hybridized carbons (Fsp3) is 0.417. The summed E-state index contributed by atoms with van der Waals surface area (Å²) >= 11 is 0. The van der Waals surface area contributed by atoms with Gasteiger partial charge in [-0.2, -0.15) is 0 Å². The van der Waals surface area contributed by atoms with Gasteiger partial charge in [-0.3, -0.25) is 4.79 Å². The van der Waals surface area contributed by atoms with E-state index in [4.69, 9.17) is 9.47 Å². The van der Waals surface area contributed by atoms with Crippen LogP contribution >= 0.6 is 0 Å². The van der Waals surface area contributed by atoms with Crippen LogP contribution in [0.15, 0.2) is 42.5 Å². The highest BCUT2D eigenvalue weighted by atomic mass is 19.1. The topological polar surface area (TPSA) is 64.6 Å². The van der Waals surface area contributed by atoms with Crippen molar-refractivity contribution in [3.05, 3.63) is 59.4 Å². The van der Waals surface area contributed by atoms with Gasteiger partial charge in [-0.25, -0.2) is 9.18 Å². The first kappa shape index (κ1) is 21.8. The molecule has 0 aliphatic heterocycles. The minimum atomic E-state index is -0.913. The summed E-state index contributed by atoms with van der Waals surface area (Å²) in [6.45, 7) is 4.47. The molecule has 3 rings (SSSR count). The maximum Gasteiger partial charge on any atom is 0.341 e. The molecule has 1 N–H and O–H groups in total. The summed E-state index contributed by atoms with van der Waals surface area (Å²) in [7, 11) is 1.30. The second kappa shape index (κ2) is 9.28. The van der Waals surface area contributed by atoms with Crippen LogP contribution in [0.5, 0.6) is 5.75 Å². The molecule has 0 radical (unpaired) electrons. The van der Waals surface area contributed by atoms with Crippen LogP contribution in [0.3, 0.4) is 0 Å². The summed E-state index contributed by atoms with van der Waals surface area (Å²) in [5, 5.41) is 2.89. The lowest BCUT2D eigenvalue weighted by molar-refractivity contribution is -0.121. The van der Waals surface area contributed by atoms with E-state index in [1.807, 2.05) is 13.8 Å². The maximum absolute atomic E-state index is 14.5. The maximum atomic E-state index is 14.5. The Hall–Kier alpha value is -2.89. The molecule has 0 spiro atoms. The van der Waals surface area contributed by atoms with Crippen molar-refractivity contribution in [2.75, 3.05) is 19.0 Å². The molecule has 2 aromatic carbocycles. The molecule has 30 heavy (non-hydrogen) atoms. The summed E-state index contributed by atoms with van der Waals surface area (Å²) in [5.41, 5.74) is 0.191. The Labute approximate surface area is 176 Å². The third-order valence-corrected chi connectivity index (χ3v) is 5.50. The Bertz CT molecular complexity index is 919. The van der Waals surface area contributed by atoms with Crippen molar-refractivity contribution in [2.45, 2.75) is 44.9 Å². The molecule has 5 nitrogen and oxygen atoms in total. The third-order valence-electron chi connectivity index (χ3n) is 5.50. The van der Waals surface area contributed by atoms with E-state index in [1.54, 1.807) is 36.4 Å². The average Bonchev–Trinajstić information content (AvgIpc) is 3.23. The Morgan fingerprint density at radius 3 is 2.47 bits per heavy atom. The summed E-state index contributed by atoms with van der Waals surface area (Å²) in [5.74, 6) is -0.496. The van der Waals surface area contributed by atoms with Gasteiger partial charge in [0.1, 0.15) is 17.1 Å². The van der Waals surface area contributed by atoms with Crippen molar-refractivity contribution < 1.29 is 23.5 Å². The van der Waals surface area contributed by atoms with Crippen LogP contribution < -0.4 is 10.1 Å². The lowest BCUT2D eigenvalue weighted by Gasteiger charge is -2.29. The van der Waals surface area contributed by atoms with E-state index in [0.717, 1.165) is 12.8 Å². The molecule has 0 bridgehead atoms. The quantitative estimate of drug-likeness (QED) is 0.642. The molecule has 2 aromatic rings. The zero-order chi connectivity index (χ0) is 21.7. The normalized spacial score (nSPS) is 15.1. The monoisotopic (exact) mass is 413 g/mol. The Balaban J connectivity index is 1.90. The van der Waals surface area contributed by atoms with E-state index in [-0.39, 0.29) is 23.2 Å². The molecule has 0 heterocycles. The smallest absolute Gasteiger partial charge is 0.341 e. The molecule has 0 atom stereocenters. The zero-order valence-electron chi connectivity index (χ0n) is 17.7. The number of esters is 1. The van der Waals surface area contributed by atoms with E-state index in [9.17, 15) is 14.0 Å². The zero-order valence-corrected chi connectivity index (χ0v) is 17.7. The molecule has 160 valence electrons. The van der Waals surface area contributed by atoms with Gasteiger partial charge >= 0.3 is 5.97 Å². The average molecular weight is 413 g/mol. The molecule has 6 heteroatoms. The van der Waals surface area contributed by atoms with E-state index in [2.05, 4.69) is 5.32 Å². The highest BCUT2D eigenvalue weighted by Gasteiger charge is 2.44. The highest BCUT2D eigenvalue weighted by molar-refractivity contribution is 6.01. The lowest BCUT2D eigenvalue weighted by atomic mass is 9.77. The highest BCUT2D eigenvalue weighted by Crippen LogP contribution is 2.43. The van der Waals surface area contributed by atoms with E-state index in [0.29, 0.717) is 36.4 Å². The molecule has 0 unspecified atom stereocenters. The van der Waals surface area contributed by atoms with Crippen LogP contribution in [0.1, 0.15) is 55.5 Å². The van der Waals surface area contributed by atoms with Crippen LogP contribution in [0.2, 0.25) is 0 Å². The van der Waals surface area contributed by atoms with Gasteiger partial charge in [-0.1, -0.05) is 44.9 Å². The minimum Gasteiger partial charge on any atom is -0.492 e. The minimum absolute atomic E-state index is 0.238. The van der Waals surface area contributed by atoms with Crippen molar-refractivity contribution in [2.24, 2.45) is 5.92 Å². The summed E-state index contributed by atoms with van der Waals surface area (Å²) < 4.78 is 25.1. The van der Waals surface area contributed by atoms with Gasteiger partial charge in [0.2, 0.25) is 5.91 Å². The number of benzene rings is 2. The number of ether oxygens (including phenoxy) is 2. The number of methoxy groups -OCH3 is 1. The molecule has 1 aliphatic carbocycles. The molecule has 1 amide bonds. The second-order valence-corrected chi connectivity index (χ2v) is 8.13. The van der Waals surface area contributed by atoms with E-state index < -0.39 is 11.4 Å². The molecular weight excluding hydrogens is 385 g/mol. The largest absolute Gasteiger partial charge is 0.492 e. The van der Waals surface area contributed by atoms with Crippen molar-refractivity contribution in [3.63, 3.8) is 0 Å². The van der Waals surface area contributed by atoms with Crippen LogP contribution in [-0.4, -0.2) is 25.6 Å². The van der Waals surface area contributed by atoms with Gasteiger partial charge in [-0.05, 0) is 43.0 Å². The van der Waals surface area contributed by atoms with Gasteiger partial charge < -0.3 is 14.8 Å². The number of rotatable bonds is 7. The number of amides is 1. The van der Waals surface area contributed by atoms with Crippen molar-refractivity contribution in [1.82, 2.24) is 0 Å². The van der Waals surface area contributed by atoms with E-state index in [1.165, 1.54) is 13.2 Å². The molecule has 1 fully saturated rings. The number of halogens is 1. The number of nitrogens with one attached hydrogen (secondary N) is 1. The van der Waals surface area contributed by atoms with Crippen LogP contribution in [0.4, 0.5) is 10.1 Å². The van der Waals surface area contributed by atoms with Gasteiger partial charge in [0.05, 0.1) is 19.1 Å². The molecule has 0 aromatic heterocycles. The van der Waals surface area contributed by atoms with Crippen LogP contribution in [0.25, 0.3) is 0 Å². The second-order valence-electron chi connectivity index (χ2n) is 8.13. The standard InChI is InChI=1S/C24H28FNO4/c1-16(2)15-30-21-11-10-17(14-18(21)22(27)29-3)26-23(28)24(12-6-7-13-24)19-8-4-5-9-20(19)25/h4-5,8-11,14,16H,6-7,12-13,15H2,1-3H3,(H,26,28). The Kier molecular flexibility index (Phi) is 6.75. The number of carbonyl (C=O) groups is 2. The van der Waals surface area contributed by atoms with Crippen LogP contribution in [-0.2, 0) is 14.9 Å². The predicted molar refractivity (Wildman–Crippen MR) is 113 cm³/mol. The van der Waals surface area contributed by atoms with Gasteiger partial charge in [0, 0.05) is 11.3 Å². The fourth-order valence-corrected chi connectivity index (χ4v) is 3.96. The SMILES string of the molecule is COC(=O)c1cc(NC(=O)C2(c3ccccc3F)CCCC2)ccc1OCC(C)C. The fourth-order valence-electron chi connectivity index (χ4n) is 3.96. The summed E-state index contributed by atoms with van der Waals surface area (Å²) in [6.07, 6.45) is 2.88. The lowest BCUT2D eigenvalue weighted by Crippen LogP contribution is -2.38. The number of hydrogen-bond donors (Lipinski definition) is 1. The van der Waals surface area contributed by atoms with Gasteiger partial charge in [-0.15, -0.1) is 0 Å². The van der Waals surface area contributed by atoms with E-state index >= 15 is 0 Å². The Morgan fingerprint density at radius 2 is 1.83 bits per heavy atom. The van der Waals surface area contributed by atoms with Crippen molar-refractivity contribution >= 4 is 17.6 Å². The molecule has 1 saturated carbocycles. The number of hydrogen-bond acceptors (Lipinski definition) is 4. The van der Waals surface area contributed by atoms with Crippen molar-refractivity contribution in [3.8, 4) is 5.75 Å². The molecular formula is C24H28FNO4. The van der Waals surface area contributed by atoms with Gasteiger partial charge in [0.15, 0.2) is 0 Å². The number of carbonyl (C=O) groups excluding carboxylic acids is 2. The predicted octanol–water partition coefficient (Wildman–Crippen LogP) is 5.10. The van der Waals surface area contributed by atoms with Gasteiger partial charge in [0.25, 0.3) is 0 Å². The first-order chi connectivity index (χ1) is 14.4. The molecule has 0 saturated heterocycles. The summed E-state index contributed by atoms with van der Waals surface area (Å²) in [4.78, 5) is 25.6. The number of anilines is 1. The third kappa shape index (κ3) is 4.48. The first-order valence-electron chi connectivity index (χ1n) is 10.3. The summed E-state index contributed by atoms with van der Waals surface area (Å²) in [6, 6.07) is 11.3. The van der Waals surface area contributed by atoms with Crippen molar-refractivity contribution in [1.29, 1.82) is 0 Å². The molecule has 1 aliphatic rings. The Morgan fingerprint density at radius 1 is 1.13 bits per heavy atom.